The molecule has 0 aliphatic heterocycles. The molecule has 1 aromatic heterocycles. The summed E-state index contributed by atoms with van der Waals surface area (Å²) in [5.74, 6) is -0.614. The number of hydrogen-bond donors (Lipinski definition) is 2. The van der Waals surface area contributed by atoms with Crippen LogP contribution in [0.15, 0.2) is 34.9 Å². The highest BCUT2D eigenvalue weighted by Gasteiger charge is 2.16. The number of nitrogens with zero attached hydrogens (tertiary/aromatic N) is 2. The van der Waals surface area contributed by atoms with E-state index >= 15 is 0 Å². The second-order valence-corrected chi connectivity index (χ2v) is 5.16. The molecule has 0 saturated carbocycles. The van der Waals surface area contributed by atoms with Crippen LogP contribution in [0.1, 0.15) is 15.9 Å². The Kier molecular flexibility index (Phi) is 4.18. The molecule has 0 atom stereocenters. The monoisotopic (exact) mass is 350 g/mol. The minimum absolute atomic E-state index is 0.0372. The third-order valence-electron chi connectivity index (χ3n) is 2.78. The number of halogens is 1. The minimum Gasteiger partial charge on any atom is -0.383 e. The van der Waals surface area contributed by atoms with Crippen LogP contribution < -0.4 is 11.1 Å². The van der Waals surface area contributed by atoms with Gasteiger partial charge in [0, 0.05) is 16.2 Å². The predicted octanol–water partition coefficient (Wildman–Crippen LogP) is 2.90. The first-order valence-electron chi connectivity index (χ1n) is 5.86. The van der Waals surface area contributed by atoms with Gasteiger partial charge in [0.15, 0.2) is 0 Å². The summed E-state index contributed by atoms with van der Waals surface area (Å²) < 4.78 is 0.914. The molecule has 0 spiro atoms. The standard InChI is InChI=1S/C13H11BrN4O3/c1-7-4-8(2-3-11(7)14)17-13(19)10-5-9(18(20)21)6-16-12(10)15/h2-6H,1H3,(H2,15,16)(H,17,19). The van der Waals surface area contributed by atoms with E-state index in [0.717, 1.165) is 22.3 Å². The fraction of sp³-hybridized carbons (Fsp3) is 0.0769. The number of hydrogen-bond acceptors (Lipinski definition) is 5. The van der Waals surface area contributed by atoms with Gasteiger partial charge >= 0.3 is 0 Å². The lowest BCUT2D eigenvalue weighted by Crippen LogP contribution is -2.15. The summed E-state index contributed by atoms with van der Waals surface area (Å²) in [7, 11) is 0. The Morgan fingerprint density at radius 1 is 1.43 bits per heavy atom. The number of nitrogens with two attached hydrogens (primary N) is 1. The minimum atomic E-state index is -0.632. The molecule has 2 aromatic rings. The number of pyridine rings is 1. The third-order valence-corrected chi connectivity index (χ3v) is 3.67. The Morgan fingerprint density at radius 2 is 2.14 bits per heavy atom. The van der Waals surface area contributed by atoms with Crippen molar-refractivity contribution in [1.29, 1.82) is 0 Å². The van der Waals surface area contributed by atoms with E-state index in [2.05, 4.69) is 26.2 Å². The van der Waals surface area contributed by atoms with Gasteiger partial charge in [0.2, 0.25) is 0 Å². The maximum atomic E-state index is 12.1. The van der Waals surface area contributed by atoms with Crippen molar-refractivity contribution in [3.63, 3.8) is 0 Å². The first-order chi connectivity index (χ1) is 9.88. The van der Waals surface area contributed by atoms with Crippen LogP contribution in [0.5, 0.6) is 0 Å². The highest BCUT2D eigenvalue weighted by molar-refractivity contribution is 9.10. The maximum absolute atomic E-state index is 12.1. The number of aryl methyl sites for hydroxylation is 1. The zero-order valence-electron chi connectivity index (χ0n) is 11.0. The number of rotatable bonds is 3. The van der Waals surface area contributed by atoms with Gasteiger partial charge in [-0.1, -0.05) is 15.9 Å². The predicted molar refractivity (Wildman–Crippen MR) is 82.1 cm³/mol. The molecule has 21 heavy (non-hydrogen) atoms. The second kappa shape index (κ2) is 5.88. The van der Waals surface area contributed by atoms with E-state index in [1.807, 2.05) is 6.92 Å². The van der Waals surface area contributed by atoms with E-state index in [4.69, 9.17) is 5.73 Å². The normalized spacial score (nSPS) is 10.2. The Morgan fingerprint density at radius 3 is 2.76 bits per heavy atom. The lowest BCUT2D eigenvalue weighted by atomic mass is 10.2. The molecule has 108 valence electrons. The molecule has 1 amide bonds. The number of anilines is 2. The van der Waals surface area contributed by atoms with Crippen molar-refractivity contribution in [3.8, 4) is 0 Å². The summed E-state index contributed by atoms with van der Waals surface area (Å²) in [6.45, 7) is 1.88. The molecule has 7 nitrogen and oxygen atoms in total. The van der Waals surface area contributed by atoms with Crippen LogP contribution in [0.25, 0.3) is 0 Å². The van der Waals surface area contributed by atoms with Crippen LogP contribution in [-0.2, 0) is 0 Å². The third kappa shape index (κ3) is 3.34. The molecular formula is C13H11BrN4O3. The average molecular weight is 351 g/mol. The number of nitrogen functional groups attached to an aromatic ring is 1. The van der Waals surface area contributed by atoms with Gasteiger partial charge in [0.05, 0.1) is 10.5 Å². The number of nitro groups is 1. The van der Waals surface area contributed by atoms with Gasteiger partial charge in [0.25, 0.3) is 11.6 Å². The summed E-state index contributed by atoms with van der Waals surface area (Å²) in [6, 6.07) is 6.36. The largest absolute Gasteiger partial charge is 0.383 e. The van der Waals surface area contributed by atoms with E-state index in [0.29, 0.717) is 5.69 Å². The van der Waals surface area contributed by atoms with E-state index in [-0.39, 0.29) is 17.1 Å². The number of nitrogens with one attached hydrogen (secondary N) is 1. The van der Waals surface area contributed by atoms with Crippen LogP contribution in [0.2, 0.25) is 0 Å². The van der Waals surface area contributed by atoms with Crippen LogP contribution in [-0.4, -0.2) is 15.8 Å². The lowest BCUT2D eigenvalue weighted by molar-refractivity contribution is -0.385. The van der Waals surface area contributed by atoms with E-state index < -0.39 is 10.8 Å². The number of carbonyl (C=O) groups is 1. The van der Waals surface area contributed by atoms with Gasteiger partial charge in [-0.05, 0) is 30.7 Å². The van der Waals surface area contributed by atoms with Crippen molar-refractivity contribution in [2.45, 2.75) is 6.92 Å². The van der Waals surface area contributed by atoms with Crippen molar-refractivity contribution in [3.05, 3.63) is 56.2 Å². The molecule has 2 rings (SSSR count). The van der Waals surface area contributed by atoms with Gasteiger partial charge in [0.1, 0.15) is 12.0 Å². The number of carbonyl (C=O) groups excluding carboxylic acids is 1. The van der Waals surface area contributed by atoms with Crippen molar-refractivity contribution in [2.75, 3.05) is 11.1 Å². The molecule has 0 unspecified atom stereocenters. The van der Waals surface area contributed by atoms with Crippen LogP contribution in [0.3, 0.4) is 0 Å². The van der Waals surface area contributed by atoms with Crippen molar-refractivity contribution >= 4 is 39.0 Å². The highest BCUT2D eigenvalue weighted by atomic mass is 79.9. The van der Waals surface area contributed by atoms with E-state index in [9.17, 15) is 14.9 Å². The smallest absolute Gasteiger partial charge is 0.288 e. The molecule has 0 aliphatic rings. The first kappa shape index (κ1) is 14.9. The van der Waals surface area contributed by atoms with Gasteiger partial charge in [-0.25, -0.2) is 4.98 Å². The van der Waals surface area contributed by atoms with Crippen LogP contribution in [0.4, 0.5) is 17.2 Å². The van der Waals surface area contributed by atoms with Gasteiger partial charge in [-0.15, -0.1) is 0 Å². The lowest BCUT2D eigenvalue weighted by Gasteiger charge is -2.08. The maximum Gasteiger partial charge on any atom is 0.288 e. The molecular weight excluding hydrogens is 340 g/mol. The quantitative estimate of drug-likeness (QED) is 0.652. The zero-order valence-corrected chi connectivity index (χ0v) is 12.5. The number of benzene rings is 1. The highest BCUT2D eigenvalue weighted by Crippen LogP contribution is 2.22. The second-order valence-electron chi connectivity index (χ2n) is 4.30. The van der Waals surface area contributed by atoms with Crippen LogP contribution in [0, 0.1) is 17.0 Å². The van der Waals surface area contributed by atoms with E-state index in [1.165, 1.54) is 0 Å². The number of aromatic nitrogens is 1. The zero-order chi connectivity index (χ0) is 15.6. The average Bonchev–Trinajstić information content (AvgIpc) is 2.43. The fourth-order valence-electron chi connectivity index (χ4n) is 1.67. The molecule has 0 fully saturated rings. The Bertz CT molecular complexity index is 733. The molecule has 1 heterocycles. The van der Waals surface area contributed by atoms with Crippen molar-refractivity contribution in [1.82, 2.24) is 4.98 Å². The van der Waals surface area contributed by atoms with Gasteiger partial charge in [-0.3, -0.25) is 14.9 Å². The molecule has 1 aromatic carbocycles. The molecule has 0 radical (unpaired) electrons. The number of amides is 1. The van der Waals surface area contributed by atoms with Crippen molar-refractivity contribution in [2.24, 2.45) is 0 Å². The molecule has 0 saturated heterocycles. The van der Waals surface area contributed by atoms with Crippen LogP contribution >= 0.6 is 15.9 Å². The summed E-state index contributed by atoms with van der Waals surface area (Å²) in [5.41, 5.74) is 6.77. The van der Waals surface area contributed by atoms with Gasteiger partial charge in [-0.2, -0.15) is 0 Å². The topological polar surface area (TPSA) is 111 Å². The molecule has 3 N–H and O–H groups in total. The molecule has 0 bridgehead atoms. The Hall–Kier alpha value is -2.48. The Balaban J connectivity index is 2.29. The summed E-state index contributed by atoms with van der Waals surface area (Å²) in [4.78, 5) is 25.9. The SMILES string of the molecule is Cc1cc(NC(=O)c2cc([N+](=O)[O-])cnc2N)ccc1Br. The molecule has 8 heteroatoms. The fourth-order valence-corrected chi connectivity index (χ4v) is 1.91. The summed E-state index contributed by atoms with van der Waals surface area (Å²) in [6.07, 6.45) is 1.01. The molecule has 0 aliphatic carbocycles. The first-order valence-corrected chi connectivity index (χ1v) is 6.65. The summed E-state index contributed by atoms with van der Waals surface area (Å²) in [5, 5.41) is 13.3. The Labute approximate surface area is 128 Å². The van der Waals surface area contributed by atoms with Crippen molar-refractivity contribution < 1.29 is 9.72 Å². The van der Waals surface area contributed by atoms with E-state index in [1.54, 1.807) is 18.2 Å². The summed E-state index contributed by atoms with van der Waals surface area (Å²) >= 11 is 3.36. The van der Waals surface area contributed by atoms with Gasteiger partial charge < -0.3 is 11.1 Å².